The van der Waals surface area contributed by atoms with Crippen molar-refractivity contribution in [3.63, 3.8) is 0 Å². The monoisotopic (exact) mass is 299 g/mol. The molecule has 0 aliphatic carbocycles. The third kappa shape index (κ3) is 1.84. The minimum absolute atomic E-state index is 0.143. The van der Waals surface area contributed by atoms with Crippen molar-refractivity contribution in [2.24, 2.45) is 0 Å². The summed E-state index contributed by atoms with van der Waals surface area (Å²) < 4.78 is 1.92. The van der Waals surface area contributed by atoms with Gasteiger partial charge in [-0.05, 0) is 18.6 Å². The molecule has 6 nitrogen and oxygen atoms in total. The van der Waals surface area contributed by atoms with Crippen LogP contribution in [-0.4, -0.2) is 41.8 Å². The molecule has 2 aliphatic rings. The van der Waals surface area contributed by atoms with Crippen LogP contribution < -0.4 is 15.6 Å². The smallest absolute Gasteiger partial charge is 0.341 e. The average Bonchev–Trinajstić information content (AvgIpc) is 2.96. The molecule has 6 heteroatoms. The Hall–Kier alpha value is -2.34. The van der Waals surface area contributed by atoms with Crippen molar-refractivity contribution < 1.29 is 9.90 Å². The number of carboxylic acids is 1. The Morgan fingerprint density at radius 3 is 2.68 bits per heavy atom. The van der Waals surface area contributed by atoms with Crippen LogP contribution in [0.1, 0.15) is 15.9 Å². The van der Waals surface area contributed by atoms with Gasteiger partial charge < -0.3 is 19.9 Å². The summed E-state index contributed by atoms with van der Waals surface area (Å²) in [4.78, 5) is 26.0. The molecule has 0 spiro atoms. The fourth-order valence-corrected chi connectivity index (χ4v) is 3.57. The van der Waals surface area contributed by atoms with E-state index in [1.165, 1.54) is 17.4 Å². The largest absolute Gasteiger partial charge is 0.477 e. The van der Waals surface area contributed by atoms with Gasteiger partial charge in [0.05, 0.1) is 5.52 Å². The SMILES string of the molecule is O=C(O)c1cn2c3c(c(N4CCNCC4)ccc3c1=O)CC2. The van der Waals surface area contributed by atoms with Crippen molar-refractivity contribution in [1.82, 2.24) is 9.88 Å². The molecule has 4 rings (SSSR count). The molecule has 0 unspecified atom stereocenters. The highest BCUT2D eigenvalue weighted by Crippen LogP contribution is 2.33. The summed E-state index contributed by atoms with van der Waals surface area (Å²) in [7, 11) is 0. The first kappa shape index (κ1) is 13.3. The fourth-order valence-electron chi connectivity index (χ4n) is 3.57. The highest BCUT2D eigenvalue weighted by molar-refractivity contribution is 5.95. The fraction of sp³-hybridized carbons (Fsp3) is 0.375. The molecule has 1 aromatic heterocycles. The second-order valence-corrected chi connectivity index (χ2v) is 5.82. The first-order valence-corrected chi connectivity index (χ1v) is 7.55. The van der Waals surface area contributed by atoms with Gasteiger partial charge >= 0.3 is 5.97 Å². The first-order valence-electron chi connectivity index (χ1n) is 7.55. The van der Waals surface area contributed by atoms with E-state index < -0.39 is 5.97 Å². The van der Waals surface area contributed by atoms with E-state index in [9.17, 15) is 14.7 Å². The number of aromatic carboxylic acids is 1. The second-order valence-electron chi connectivity index (χ2n) is 5.82. The minimum atomic E-state index is -1.16. The van der Waals surface area contributed by atoms with Gasteiger partial charge in [-0.3, -0.25) is 4.79 Å². The number of nitrogens with one attached hydrogen (secondary N) is 1. The van der Waals surface area contributed by atoms with E-state index in [1.807, 2.05) is 10.6 Å². The van der Waals surface area contributed by atoms with Gasteiger partial charge in [0.15, 0.2) is 0 Å². The molecule has 0 atom stereocenters. The van der Waals surface area contributed by atoms with E-state index in [4.69, 9.17) is 0 Å². The van der Waals surface area contributed by atoms with Crippen molar-refractivity contribution in [3.05, 3.63) is 39.7 Å². The van der Waals surface area contributed by atoms with Crippen LogP contribution in [0, 0.1) is 0 Å². The molecule has 2 N–H and O–H groups in total. The maximum atomic E-state index is 12.4. The second kappa shape index (κ2) is 4.84. The van der Waals surface area contributed by atoms with Crippen LogP contribution in [0.3, 0.4) is 0 Å². The van der Waals surface area contributed by atoms with Crippen LogP contribution >= 0.6 is 0 Å². The summed E-state index contributed by atoms with van der Waals surface area (Å²) in [5.41, 5.74) is 2.74. The van der Waals surface area contributed by atoms with Gasteiger partial charge in [-0.25, -0.2) is 4.79 Å². The number of carboxylic acid groups (broad SMARTS) is 1. The molecular weight excluding hydrogens is 282 g/mol. The van der Waals surface area contributed by atoms with E-state index in [2.05, 4.69) is 10.2 Å². The molecule has 1 saturated heterocycles. The van der Waals surface area contributed by atoms with E-state index in [-0.39, 0.29) is 11.0 Å². The first-order chi connectivity index (χ1) is 10.7. The standard InChI is InChI=1S/C16H17N3O3/c20-15-11-1-2-13(18-7-4-17-5-8-18)10-3-6-19(14(10)11)9-12(15)16(21)22/h1-2,9,17H,3-8H2,(H,21,22). The maximum absolute atomic E-state index is 12.4. The van der Waals surface area contributed by atoms with Crippen LogP contribution in [0.15, 0.2) is 23.1 Å². The van der Waals surface area contributed by atoms with Crippen LogP contribution in [0.25, 0.3) is 10.9 Å². The van der Waals surface area contributed by atoms with Gasteiger partial charge in [0.1, 0.15) is 5.56 Å². The third-order valence-corrected chi connectivity index (χ3v) is 4.61. The zero-order chi connectivity index (χ0) is 15.3. The number of pyridine rings is 1. The topological polar surface area (TPSA) is 74.6 Å². The van der Waals surface area contributed by atoms with Gasteiger partial charge in [0.25, 0.3) is 0 Å². The van der Waals surface area contributed by atoms with Gasteiger partial charge in [-0.1, -0.05) is 0 Å². The van der Waals surface area contributed by atoms with E-state index in [0.717, 1.165) is 44.7 Å². The van der Waals surface area contributed by atoms with Crippen molar-refractivity contribution in [3.8, 4) is 0 Å². The molecule has 0 radical (unpaired) electrons. The molecule has 0 bridgehead atoms. The number of hydrogen-bond acceptors (Lipinski definition) is 4. The van der Waals surface area contributed by atoms with E-state index >= 15 is 0 Å². The Balaban J connectivity index is 1.94. The van der Waals surface area contributed by atoms with E-state index in [0.29, 0.717) is 5.39 Å². The number of benzene rings is 1. The van der Waals surface area contributed by atoms with Gasteiger partial charge in [0.2, 0.25) is 5.43 Å². The number of anilines is 1. The lowest BCUT2D eigenvalue weighted by atomic mass is 10.0. The number of piperazine rings is 1. The molecule has 0 amide bonds. The van der Waals surface area contributed by atoms with Gasteiger partial charge in [-0.2, -0.15) is 0 Å². The number of rotatable bonds is 2. The number of carbonyl (C=O) groups is 1. The Labute approximate surface area is 127 Å². The zero-order valence-electron chi connectivity index (χ0n) is 12.1. The van der Waals surface area contributed by atoms with Crippen LogP contribution in [0.5, 0.6) is 0 Å². The number of aryl methyl sites for hydroxylation is 2. The van der Waals surface area contributed by atoms with Crippen molar-refractivity contribution >= 4 is 22.6 Å². The summed E-state index contributed by atoms with van der Waals surface area (Å²) in [6, 6.07) is 3.76. The molecule has 3 heterocycles. The number of aromatic nitrogens is 1. The van der Waals surface area contributed by atoms with Gasteiger partial charge in [0, 0.05) is 55.6 Å². The molecule has 22 heavy (non-hydrogen) atoms. The molecule has 1 fully saturated rings. The van der Waals surface area contributed by atoms with Crippen molar-refractivity contribution in [2.45, 2.75) is 13.0 Å². The molecule has 0 saturated carbocycles. The van der Waals surface area contributed by atoms with Crippen LogP contribution in [-0.2, 0) is 13.0 Å². The maximum Gasteiger partial charge on any atom is 0.341 e. The Morgan fingerprint density at radius 2 is 1.95 bits per heavy atom. The number of hydrogen-bond donors (Lipinski definition) is 2. The van der Waals surface area contributed by atoms with Crippen molar-refractivity contribution in [2.75, 3.05) is 31.1 Å². The summed E-state index contributed by atoms with van der Waals surface area (Å²) in [5.74, 6) is -1.16. The molecule has 114 valence electrons. The summed E-state index contributed by atoms with van der Waals surface area (Å²) >= 11 is 0. The molecule has 1 aromatic carbocycles. The highest BCUT2D eigenvalue weighted by atomic mass is 16.4. The quantitative estimate of drug-likeness (QED) is 0.852. The van der Waals surface area contributed by atoms with Crippen molar-refractivity contribution in [1.29, 1.82) is 0 Å². The predicted molar refractivity (Wildman–Crippen MR) is 84.0 cm³/mol. The average molecular weight is 299 g/mol. The highest BCUT2D eigenvalue weighted by Gasteiger charge is 2.24. The lowest BCUT2D eigenvalue weighted by Crippen LogP contribution is -2.43. The van der Waals surface area contributed by atoms with Crippen LogP contribution in [0.4, 0.5) is 5.69 Å². The minimum Gasteiger partial charge on any atom is -0.477 e. The van der Waals surface area contributed by atoms with Crippen LogP contribution in [0.2, 0.25) is 0 Å². The molecule has 2 aliphatic heterocycles. The zero-order valence-corrected chi connectivity index (χ0v) is 12.1. The Bertz CT molecular complexity index is 835. The summed E-state index contributed by atoms with van der Waals surface area (Å²) in [6.45, 7) is 4.56. The lowest BCUT2D eigenvalue weighted by molar-refractivity contribution is 0.0695. The number of nitrogens with zero attached hydrogens (tertiary/aromatic N) is 2. The summed E-state index contributed by atoms with van der Waals surface area (Å²) in [6.07, 6.45) is 2.34. The summed E-state index contributed by atoms with van der Waals surface area (Å²) in [5, 5.41) is 13.1. The Kier molecular flexibility index (Phi) is 2.94. The molecular formula is C16H17N3O3. The molecule has 2 aromatic rings. The van der Waals surface area contributed by atoms with Gasteiger partial charge in [-0.15, -0.1) is 0 Å². The third-order valence-electron chi connectivity index (χ3n) is 4.61. The lowest BCUT2D eigenvalue weighted by Gasteiger charge is -2.31. The predicted octanol–water partition coefficient (Wildman–Crippen LogP) is 0.665. The Morgan fingerprint density at radius 1 is 1.18 bits per heavy atom. The van der Waals surface area contributed by atoms with E-state index in [1.54, 1.807) is 6.07 Å². The normalized spacial score (nSPS) is 17.2.